The number of carboxylic acid groups (broad SMARTS) is 1. The Morgan fingerprint density at radius 3 is 2.93 bits per heavy atom. The van der Waals surface area contributed by atoms with Gasteiger partial charge >= 0.3 is 5.97 Å². The van der Waals surface area contributed by atoms with Crippen molar-refractivity contribution in [3.63, 3.8) is 0 Å². The molecule has 0 amide bonds. The number of halogens is 1. The van der Waals surface area contributed by atoms with Crippen molar-refractivity contribution in [1.29, 1.82) is 0 Å². The number of likely N-dealkylation sites (N-methyl/N-ethyl adjacent to an activating group) is 1. The zero-order chi connectivity index (χ0) is 11.3. The zero-order valence-corrected chi connectivity index (χ0v) is 10.7. The Balaban J connectivity index is 2.29. The lowest BCUT2D eigenvalue weighted by molar-refractivity contribution is -0.139. The average Bonchev–Trinajstić information content (AvgIpc) is 2.58. The predicted octanol–water partition coefficient (Wildman–Crippen LogP) is 1.27. The first-order valence-corrected chi connectivity index (χ1v) is 6.14. The molecule has 0 bridgehead atoms. The highest BCUT2D eigenvalue weighted by Crippen LogP contribution is 2.19. The fraction of sp³-hybridized carbons (Fsp3) is 0.444. The molecule has 0 aliphatic carbocycles. The van der Waals surface area contributed by atoms with Gasteiger partial charge in [0.15, 0.2) is 0 Å². The van der Waals surface area contributed by atoms with Gasteiger partial charge in [0.25, 0.3) is 0 Å². The minimum atomic E-state index is -0.836. The van der Waals surface area contributed by atoms with Crippen molar-refractivity contribution < 1.29 is 9.90 Å². The number of carboxylic acids is 1. The Morgan fingerprint density at radius 2 is 2.47 bits per heavy atom. The molecule has 1 aromatic heterocycles. The molecular weight excluding hydrogens is 280 g/mol. The molecular formula is C9H13BrN2O2S. The van der Waals surface area contributed by atoms with Gasteiger partial charge in [0.05, 0.1) is 0 Å². The number of aliphatic carboxylic acids is 1. The minimum Gasteiger partial charge on any atom is -0.480 e. The SMILES string of the molecule is CNC(CNCc1cc(Br)cs1)C(=O)O. The maximum Gasteiger partial charge on any atom is 0.322 e. The van der Waals surface area contributed by atoms with Crippen molar-refractivity contribution in [3.8, 4) is 0 Å². The van der Waals surface area contributed by atoms with Crippen LogP contribution in [0.25, 0.3) is 0 Å². The lowest BCUT2D eigenvalue weighted by Gasteiger charge is -2.11. The van der Waals surface area contributed by atoms with Gasteiger partial charge in [0, 0.05) is 27.8 Å². The highest BCUT2D eigenvalue weighted by Gasteiger charge is 2.13. The van der Waals surface area contributed by atoms with Crippen LogP contribution in [0.3, 0.4) is 0 Å². The van der Waals surface area contributed by atoms with Gasteiger partial charge in [-0.25, -0.2) is 0 Å². The van der Waals surface area contributed by atoms with Gasteiger partial charge in [-0.05, 0) is 29.0 Å². The molecule has 0 saturated carbocycles. The number of thiophene rings is 1. The summed E-state index contributed by atoms with van der Waals surface area (Å²) in [7, 11) is 1.64. The Hall–Kier alpha value is -0.430. The summed E-state index contributed by atoms with van der Waals surface area (Å²) in [6.45, 7) is 1.11. The maximum absolute atomic E-state index is 10.7. The van der Waals surface area contributed by atoms with Crippen molar-refractivity contribution in [3.05, 3.63) is 20.8 Å². The maximum atomic E-state index is 10.7. The van der Waals surface area contributed by atoms with Crippen molar-refractivity contribution in [2.24, 2.45) is 0 Å². The van der Waals surface area contributed by atoms with E-state index >= 15 is 0 Å². The summed E-state index contributed by atoms with van der Waals surface area (Å²) in [5.41, 5.74) is 0. The van der Waals surface area contributed by atoms with Gasteiger partial charge in [-0.15, -0.1) is 11.3 Å². The molecule has 0 saturated heterocycles. The van der Waals surface area contributed by atoms with Crippen LogP contribution in [0, 0.1) is 0 Å². The van der Waals surface area contributed by atoms with Crippen molar-refractivity contribution >= 4 is 33.2 Å². The van der Waals surface area contributed by atoms with E-state index in [-0.39, 0.29) is 0 Å². The van der Waals surface area contributed by atoms with Crippen LogP contribution in [0.5, 0.6) is 0 Å². The number of nitrogens with one attached hydrogen (secondary N) is 2. The van der Waals surface area contributed by atoms with E-state index in [1.807, 2.05) is 11.4 Å². The van der Waals surface area contributed by atoms with Crippen LogP contribution in [0.4, 0.5) is 0 Å². The molecule has 0 spiro atoms. The number of hydrogen-bond acceptors (Lipinski definition) is 4. The van der Waals surface area contributed by atoms with Crippen molar-refractivity contribution in [2.75, 3.05) is 13.6 Å². The van der Waals surface area contributed by atoms with E-state index in [4.69, 9.17) is 5.11 Å². The summed E-state index contributed by atoms with van der Waals surface area (Å²) in [5.74, 6) is -0.836. The lowest BCUT2D eigenvalue weighted by atomic mass is 10.3. The third kappa shape index (κ3) is 4.29. The Labute approximate surface area is 101 Å². The monoisotopic (exact) mass is 292 g/mol. The van der Waals surface area contributed by atoms with E-state index in [0.717, 1.165) is 4.47 Å². The first kappa shape index (κ1) is 12.6. The van der Waals surface area contributed by atoms with E-state index < -0.39 is 12.0 Å². The fourth-order valence-electron chi connectivity index (χ4n) is 1.10. The molecule has 0 aliphatic heterocycles. The van der Waals surface area contributed by atoms with Crippen LogP contribution >= 0.6 is 27.3 Å². The normalized spacial score (nSPS) is 12.7. The molecule has 84 valence electrons. The second-order valence-corrected chi connectivity index (χ2v) is 4.95. The van der Waals surface area contributed by atoms with E-state index in [2.05, 4.69) is 26.6 Å². The summed E-state index contributed by atoms with van der Waals surface area (Å²) < 4.78 is 1.06. The second-order valence-electron chi connectivity index (χ2n) is 3.04. The van der Waals surface area contributed by atoms with Crippen LogP contribution in [-0.4, -0.2) is 30.7 Å². The third-order valence-electron chi connectivity index (χ3n) is 1.92. The van der Waals surface area contributed by atoms with Gasteiger partial charge in [0.1, 0.15) is 6.04 Å². The third-order valence-corrected chi connectivity index (χ3v) is 3.61. The largest absolute Gasteiger partial charge is 0.480 e. The Kier molecular flexibility index (Phi) is 5.24. The lowest BCUT2D eigenvalue weighted by Crippen LogP contribution is -2.42. The number of hydrogen-bond donors (Lipinski definition) is 3. The summed E-state index contributed by atoms with van der Waals surface area (Å²) in [5, 5.41) is 16.6. The quantitative estimate of drug-likeness (QED) is 0.739. The van der Waals surface area contributed by atoms with Crippen molar-refractivity contribution in [1.82, 2.24) is 10.6 Å². The molecule has 0 fully saturated rings. The van der Waals surface area contributed by atoms with Gasteiger partial charge < -0.3 is 15.7 Å². The van der Waals surface area contributed by atoms with Gasteiger partial charge in [-0.3, -0.25) is 4.79 Å². The molecule has 4 nitrogen and oxygen atoms in total. The predicted molar refractivity (Wildman–Crippen MR) is 64.2 cm³/mol. The molecule has 0 radical (unpaired) electrons. The fourth-order valence-corrected chi connectivity index (χ4v) is 2.52. The van der Waals surface area contributed by atoms with Crippen LogP contribution < -0.4 is 10.6 Å². The average molecular weight is 293 g/mol. The van der Waals surface area contributed by atoms with Crippen LogP contribution in [0.15, 0.2) is 15.9 Å². The van der Waals surface area contributed by atoms with Gasteiger partial charge in [-0.2, -0.15) is 0 Å². The van der Waals surface area contributed by atoms with E-state index in [9.17, 15) is 4.79 Å². The summed E-state index contributed by atoms with van der Waals surface area (Å²) >= 11 is 5.01. The summed E-state index contributed by atoms with van der Waals surface area (Å²) in [6, 6.07) is 1.49. The van der Waals surface area contributed by atoms with Crippen LogP contribution in [0.2, 0.25) is 0 Å². The first-order valence-electron chi connectivity index (χ1n) is 4.47. The highest BCUT2D eigenvalue weighted by molar-refractivity contribution is 9.10. The second kappa shape index (κ2) is 6.22. The minimum absolute atomic E-state index is 0.418. The standard InChI is InChI=1S/C9H13BrN2O2S/c1-11-8(9(13)14)4-12-3-7-2-6(10)5-15-7/h2,5,8,11-12H,3-4H2,1H3,(H,13,14). The van der Waals surface area contributed by atoms with Crippen LogP contribution in [0.1, 0.15) is 4.88 Å². The molecule has 1 atom stereocenters. The van der Waals surface area contributed by atoms with Gasteiger partial charge in [0.2, 0.25) is 0 Å². The van der Waals surface area contributed by atoms with E-state index in [1.165, 1.54) is 4.88 Å². The molecule has 15 heavy (non-hydrogen) atoms. The summed E-state index contributed by atoms with van der Waals surface area (Å²) in [6.07, 6.45) is 0. The van der Waals surface area contributed by atoms with E-state index in [1.54, 1.807) is 18.4 Å². The molecule has 6 heteroatoms. The molecule has 0 aliphatic rings. The molecule has 1 aromatic rings. The molecule has 1 heterocycles. The zero-order valence-electron chi connectivity index (χ0n) is 8.29. The molecule has 0 aromatic carbocycles. The summed E-state index contributed by atoms with van der Waals surface area (Å²) in [4.78, 5) is 11.9. The Bertz CT molecular complexity index is 330. The molecule has 1 rings (SSSR count). The van der Waals surface area contributed by atoms with Gasteiger partial charge in [-0.1, -0.05) is 0 Å². The van der Waals surface area contributed by atoms with E-state index in [0.29, 0.717) is 13.1 Å². The smallest absolute Gasteiger partial charge is 0.322 e. The molecule has 3 N–H and O–H groups in total. The number of rotatable bonds is 6. The van der Waals surface area contributed by atoms with Crippen molar-refractivity contribution in [2.45, 2.75) is 12.6 Å². The highest BCUT2D eigenvalue weighted by atomic mass is 79.9. The molecule has 1 unspecified atom stereocenters. The first-order chi connectivity index (χ1) is 7.13. The number of carbonyl (C=O) groups is 1. The Morgan fingerprint density at radius 1 is 1.73 bits per heavy atom. The van der Waals surface area contributed by atoms with Crippen LogP contribution in [-0.2, 0) is 11.3 Å². The topological polar surface area (TPSA) is 61.4 Å².